The van der Waals surface area contributed by atoms with E-state index in [1.807, 2.05) is 63.2 Å². The molecule has 0 atom stereocenters. The Morgan fingerprint density at radius 3 is 2.25 bits per heavy atom. The van der Waals surface area contributed by atoms with E-state index in [4.69, 9.17) is 14.7 Å². The molecule has 0 bridgehead atoms. The number of aryl methyl sites for hydroxylation is 1. The highest BCUT2D eigenvalue weighted by atomic mass is 16.5. The molecule has 0 fully saturated rings. The Balaban J connectivity index is 0.000000956. The Labute approximate surface area is 120 Å². The molecule has 0 aliphatic carbocycles. The molecular weight excluding hydrogens is 250 g/mol. The molecule has 0 amide bonds. The molecule has 0 aromatic heterocycles. The van der Waals surface area contributed by atoms with E-state index < -0.39 is 0 Å². The predicted molar refractivity (Wildman–Crippen MR) is 80.2 cm³/mol. The fraction of sp³-hybridized carbons (Fsp3) is 0.235. The first-order chi connectivity index (χ1) is 9.78. The lowest BCUT2D eigenvalue weighted by atomic mass is 10.2. The van der Waals surface area contributed by atoms with Gasteiger partial charge in [-0.05, 0) is 31.2 Å². The van der Waals surface area contributed by atoms with Gasteiger partial charge in [-0.3, -0.25) is 0 Å². The molecular formula is C17H19NO2. The largest absolute Gasteiger partial charge is 0.479 e. The number of rotatable bonds is 4. The van der Waals surface area contributed by atoms with Gasteiger partial charge in [0.05, 0.1) is 0 Å². The molecule has 3 heteroatoms. The lowest BCUT2D eigenvalue weighted by molar-refractivity contribution is 0.365. The highest BCUT2D eigenvalue weighted by molar-refractivity contribution is 5.37. The summed E-state index contributed by atoms with van der Waals surface area (Å²) in [5.74, 6) is 2.09. The maximum Gasteiger partial charge on any atom is 0.174 e. The third-order valence-corrected chi connectivity index (χ3v) is 2.37. The molecule has 0 saturated heterocycles. The Morgan fingerprint density at radius 1 is 0.950 bits per heavy atom. The van der Waals surface area contributed by atoms with E-state index in [0.29, 0.717) is 11.5 Å². The number of nitriles is 1. The van der Waals surface area contributed by atoms with Crippen LogP contribution in [-0.4, -0.2) is 6.61 Å². The fourth-order valence-corrected chi connectivity index (χ4v) is 1.49. The van der Waals surface area contributed by atoms with Gasteiger partial charge in [-0.15, -0.1) is 0 Å². The summed E-state index contributed by atoms with van der Waals surface area (Å²) in [5.41, 5.74) is 1.19. The van der Waals surface area contributed by atoms with E-state index in [1.54, 1.807) is 12.1 Å². The van der Waals surface area contributed by atoms with Crippen LogP contribution in [0.15, 0.2) is 48.5 Å². The minimum absolute atomic E-state index is 0.0357. The lowest BCUT2D eigenvalue weighted by Gasteiger charge is -2.07. The normalized spacial score (nSPS) is 8.90. The molecule has 0 aliphatic heterocycles. The summed E-state index contributed by atoms with van der Waals surface area (Å²) < 4.78 is 10.9. The van der Waals surface area contributed by atoms with Crippen LogP contribution in [0.25, 0.3) is 0 Å². The van der Waals surface area contributed by atoms with Crippen LogP contribution < -0.4 is 9.47 Å². The molecule has 0 saturated carbocycles. The first kappa shape index (κ1) is 15.6. The second-order valence-electron chi connectivity index (χ2n) is 3.84. The molecule has 2 aromatic rings. The van der Waals surface area contributed by atoms with Gasteiger partial charge in [0.15, 0.2) is 6.61 Å². The highest BCUT2D eigenvalue weighted by Gasteiger charge is 1.99. The fourth-order valence-electron chi connectivity index (χ4n) is 1.49. The van der Waals surface area contributed by atoms with Crippen molar-refractivity contribution in [3.8, 4) is 23.3 Å². The Hall–Kier alpha value is -2.47. The molecule has 0 radical (unpaired) electrons. The van der Waals surface area contributed by atoms with E-state index in [0.717, 1.165) is 5.75 Å². The van der Waals surface area contributed by atoms with Gasteiger partial charge in [0.1, 0.15) is 23.3 Å². The van der Waals surface area contributed by atoms with Crippen LogP contribution in [0, 0.1) is 18.3 Å². The molecule has 0 heterocycles. The first-order valence-corrected chi connectivity index (χ1v) is 6.62. The second-order valence-corrected chi connectivity index (χ2v) is 3.84. The molecule has 2 aromatic carbocycles. The summed E-state index contributed by atoms with van der Waals surface area (Å²) in [5, 5.41) is 8.45. The van der Waals surface area contributed by atoms with E-state index in [2.05, 4.69) is 0 Å². The van der Waals surface area contributed by atoms with Crippen molar-refractivity contribution >= 4 is 0 Å². The van der Waals surface area contributed by atoms with E-state index in [1.165, 1.54) is 5.56 Å². The monoisotopic (exact) mass is 269 g/mol. The maximum absolute atomic E-state index is 8.45. The molecule has 20 heavy (non-hydrogen) atoms. The number of benzene rings is 2. The zero-order chi connectivity index (χ0) is 14.8. The molecule has 104 valence electrons. The van der Waals surface area contributed by atoms with Crippen molar-refractivity contribution in [3.63, 3.8) is 0 Å². The van der Waals surface area contributed by atoms with Crippen molar-refractivity contribution in [1.82, 2.24) is 0 Å². The topological polar surface area (TPSA) is 42.2 Å². The third kappa shape index (κ3) is 5.03. The van der Waals surface area contributed by atoms with Crippen LogP contribution in [0.4, 0.5) is 0 Å². The zero-order valence-corrected chi connectivity index (χ0v) is 12.1. The minimum atomic E-state index is 0.0357. The van der Waals surface area contributed by atoms with Crippen LogP contribution in [-0.2, 0) is 0 Å². The molecule has 0 spiro atoms. The summed E-state index contributed by atoms with van der Waals surface area (Å²) >= 11 is 0. The SMILES string of the molecule is CC.Cc1ccc(Oc2cccc(OCC#N)c2)cc1. The van der Waals surface area contributed by atoms with E-state index >= 15 is 0 Å². The average Bonchev–Trinajstić information content (AvgIpc) is 2.50. The maximum atomic E-state index is 8.45. The average molecular weight is 269 g/mol. The summed E-state index contributed by atoms with van der Waals surface area (Å²) in [7, 11) is 0. The zero-order valence-electron chi connectivity index (χ0n) is 12.1. The molecule has 3 nitrogen and oxygen atoms in total. The van der Waals surface area contributed by atoms with Crippen molar-refractivity contribution in [3.05, 3.63) is 54.1 Å². The Bertz CT molecular complexity index is 556. The van der Waals surface area contributed by atoms with Gasteiger partial charge in [-0.2, -0.15) is 5.26 Å². The summed E-state index contributed by atoms with van der Waals surface area (Å²) in [4.78, 5) is 0. The van der Waals surface area contributed by atoms with Crippen molar-refractivity contribution < 1.29 is 9.47 Å². The van der Waals surface area contributed by atoms with Crippen molar-refractivity contribution in [2.24, 2.45) is 0 Å². The summed E-state index contributed by atoms with van der Waals surface area (Å²) in [6.45, 7) is 6.06. The van der Waals surface area contributed by atoms with Gasteiger partial charge >= 0.3 is 0 Å². The minimum Gasteiger partial charge on any atom is -0.479 e. The molecule has 0 unspecified atom stereocenters. The highest BCUT2D eigenvalue weighted by Crippen LogP contribution is 2.25. The van der Waals surface area contributed by atoms with E-state index in [9.17, 15) is 0 Å². The number of hydrogen-bond acceptors (Lipinski definition) is 3. The van der Waals surface area contributed by atoms with Crippen molar-refractivity contribution in [1.29, 1.82) is 5.26 Å². The van der Waals surface area contributed by atoms with Gasteiger partial charge in [-0.1, -0.05) is 37.6 Å². The lowest BCUT2D eigenvalue weighted by Crippen LogP contribution is -1.93. The van der Waals surface area contributed by atoms with Gasteiger partial charge < -0.3 is 9.47 Å². The third-order valence-electron chi connectivity index (χ3n) is 2.37. The number of nitrogens with zero attached hydrogens (tertiary/aromatic N) is 1. The number of hydrogen-bond donors (Lipinski definition) is 0. The molecule has 0 aliphatic rings. The van der Waals surface area contributed by atoms with Crippen molar-refractivity contribution in [2.45, 2.75) is 20.8 Å². The van der Waals surface area contributed by atoms with Crippen LogP contribution in [0.5, 0.6) is 17.2 Å². The summed E-state index contributed by atoms with van der Waals surface area (Å²) in [6, 6.07) is 17.0. The molecule has 0 N–H and O–H groups in total. The summed E-state index contributed by atoms with van der Waals surface area (Å²) in [6.07, 6.45) is 0. The van der Waals surface area contributed by atoms with Crippen LogP contribution in [0.2, 0.25) is 0 Å². The Morgan fingerprint density at radius 2 is 1.60 bits per heavy atom. The van der Waals surface area contributed by atoms with Gasteiger partial charge in [0.2, 0.25) is 0 Å². The van der Waals surface area contributed by atoms with Crippen molar-refractivity contribution in [2.75, 3.05) is 6.61 Å². The second kappa shape index (κ2) is 8.60. The Kier molecular flexibility index (Phi) is 6.70. The van der Waals surface area contributed by atoms with E-state index in [-0.39, 0.29) is 6.61 Å². The van der Waals surface area contributed by atoms with Gasteiger partial charge in [0, 0.05) is 6.07 Å². The molecule has 2 rings (SSSR count). The predicted octanol–water partition coefficient (Wildman–Crippen LogP) is 4.72. The smallest absolute Gasteiger partial charge is 0.174 e. The first-order valence-electron chi connectivity index (χ1n) is 6.62. The van der Waals surface area contributed by atoms with Crippen LogP contribution in [0.3, 0.4) is 0 Å². The standard InChI is InChI=1S/C15H13NO2.C2H6/c1-12-5-7-13(8-6-12)18-15-4-2-3-14(11-15)17-10-9-16;1-2/h2-8,11H,10H2,1H3;1-2H3. The van der Waals surface area contributed by atoms with Gasteiger partial charge in [-0.25, -0.2) is 0 Å². The van der Waals surface area contributed by atoms with Crippen LogP contribution in [0.1, 0.15) is 19.4 Å². The quantitative estimate of drug-likeness (QED) is 0.806. The number of ether oxygens (including phenoxy) is 2. The van der Waals surface area contributed by atoms with Gasteiger partial charge in [0.25, 0.3) is 0 Å². The van der Waals surface area contributed by atoms with Crippen LogP contribution >= 0.6 is 0 Å².